The lowest BCUT2D eigenvalue weighted by Crippen LogP contribution is -1.95. The summed E-state index contributed by atoms with van der Waals surface area (Å²) < 4.78 is 0. The Morgan fingerprint density at radius 3 is 2.94 bits per heavy atom. The standard InChI is InChI=1S/C14H18N2/c1-3-4-5-7-12-10-14-13(11(2)16-12)8-6-9-15-14/h6,8-10H,3-5,7H2,1-2H3. The zero-order valence-corrected chi connectivity index (χ0v) is 10.0. The van der Waals surface area contributed by atoms with Gasteiger partial charge >= 0.3 is 0 Å². The number of aryl methyl sites for hydroxylation is 2. The molecule has 0 N–H and O–H groups in total. The van der Waals surface area contributed by atoms with E-state index in [1.54, 1.807) is 0 Å². The molecule has 0 amide bonds. The molecule has 2 nitrogen and oxygen atoms in total. The average molecular weight is 214 g/mol. The van der Waals surface area contributed by atoms with Gasteiger partial charge in [0.1, 0.15) is 0 Å². The predicted molar refractivity (Wildman–Crippen MR) is 67.5 cm³/mol. The maximum Gasteiger partial charge on any atom is 0.0738 e. The van der Waals surface area contributed by atoms with Crippen molar-refractivity contribution in [3.63, 3.8) is 0 Å². The van der Waals surface area contributed by atoms with E-state index >= 15 is 0 Å². The van der Waals surface area contributed by atoms with Crippen LogP contribution in [0.15, 0.2) is 24.4 Å². The van der Waals surface area contributed by atoms with Crippen molar-refractivity contribution in [1.82, 2.24) is 9.97 Å². The Bertz CT molecular complexity index is 477. The maximum absolute atomic E-state index is 4.63. The molecule has 0 saturated heterocycles. The first-order valence-corrected chi connectivity index (χ1v) is 6.02. The minimum absolute atomic E-state index is 1.07. The first kappa shape index (κ1) is 11.1. The molecule has 2 heteroatoms. The van der Waals surface area contributed by atoms with Crippen LogP contribution in [0.4, 0.5) is 0 Å². The Kier molecular flexibility index (Phi) is 3.50. The van der Waals surface area contributed by atoms with Crippen molar-refractivity contribution in [3.8, 4) is 0 Å². The van der Waals surface area contributed by atoms with Crippen LogP contribution in [0, 0.1) is 6.92 Å². The van der Waals surface area contributed by atoms with Gasteiger partial charge in [0, 0.05) is 23.0 Å². The van der Waals surface area contributed by atoms with Crippen molar-refractivity contribution in [3.05, 3.63) is 35.8 Å². The number of fused-ring (bicyclic) bond motifs is 1. The molecule has 0 radical (unpaired) electrons. The van der Waals surface area contributed by atoms with Crippen molar-refractivity contribution in [2.75, 3.05) is 0 Å². The number of nitrogens with zero attached hydrogens (tertiary/aromatic N) is 2. The van der Waals surface area contributed by atoms with Crippen molar-refractivity contribution < 1.29 is 0 Å². The monoisotopic (exact) mass is 214 g/mol. The average Bonchev–Trinajstić information content (AvgIpc) is 2.30. The van der Waals surface area contributed by atoms with Gasteiger partial charge in [0.15, 0.2) is 0 Å². The molecule has 2 rings (SSSR count). The molecular weight excluding hydrogens is 196 g/mol. The van der Waals surface area contributed by atoms with Crippen molar-refractivity contribution in [2.24, 2.45) is 0 Å². The number of unbranched alkanes of at least 4 members (excludes halogenated alkanes) is 2. The summed E-state index contributed by atoms with van der Waals surface area (Å²) in [6, 6.07) is 6.17. The van der Waals surface area contributed by atoms with E-state index in [0.717, 1.165) is 17.6 Å². The molecule has 84 valence electrons. The molecule has 0 unspecified atom stereocenters. The second kappa shape index (κ2) is 5.06. The van der Waals surface area contributed by atoms with E-state index in [1.165, 1.54) is 30.3 Å². The number of hydrogen-bond donors (Lipinski definition) is 0. The highest BCUT2D eigenvalue weighted by Gasteiger charge is 2.02. The number of rotatable bonds is 4. The van der Waals surface area contributed by atoms with Gasteiger partial charge in [-0.2, -0.15) is 0 Å². The van der Waals surface area contributed by atoms with Crippen LogP contribution in [0.3, 0.4) is 0 Å². The van der Waals surface area contributed by atoms with E-state index < -0.39 is 0 Å². The molecule has 2 heterocycles. The zero-order valence-electron chi connectivity index (χ0n) is 10.0. The number of pyridine rings is 2. The summed E-state index contributed by atoms with van der Waals surface area (Å²) in [4.78, 5) is 9.02. The predicted octanol–water partition coefficient (Wildman–Crippen LogP) is 3.67. The first-order chi connectivity index (χ1) is 7.81. The molecule has 0 aliphatic carbocycles. The third kappa shape index (κ3) is 2.38. The summed E-state index contributed by atoms with van der Waals surface area (Å²) in [6.45, 7) is 4.29. The molecule has 0 saturated carbocycles. The van der Waals surface area contributed by atoms with E-state index in [4.69, 9.17) is 0 Å². The van der Waals surface area contributed by atoms with Crippen LogP contribution in [0.25, 0.3) is 10.9 Å². The van der Waals surface area contributed by atoms with Gasteiger partial charge in [0.05, 0.1) is 5.52 Å². The lowest BCUT2D eigenvalue weighted by atomic mass is 10.1. The van der Waals surface area contributed by atoms with Crippen molar-refractivity contribution >= 4 is 10.9 Å². The summed E-state index contributed by atoms with van der Waals surface area (Å²) >= 11 is 0. The molecule has 0 aliphatic heterocycles. The summed E-state index contributed by atoms with van der Waals surface area (Å²) in [5.41, 5.74) is 3.34. The number of aromatic nitrogens is 2. The van der Waals surface area contributed by atoms with Crippen molar-refractivity contribution in [2.45, 2.75) is 39.5 Å². The number of hydrogen-bond acceptors (Lipinski definition) is 2. The first-order valence-electron chi connectivity index (χ1n) is 6.02. The van der Waals surface area contributed by atoms with E-state index in [1.807, 2.05) is 12.3 Å². The lowest BCUT2D eigenvalue weighted by Gasteiger charge is -2.05. The highest BCUT2D eigenvalue weighted by molar-refractivity contribution is 5.80. The van der Waals surface area contributed by atoms with Crippen LogP contribution in [-0.2, 0) is 6.42 Å². The van der Waals surface area contributed by atoms with Gasteiger partial charge in [-0.1, -0.05) is 19.8 Å². The summed E-state index contributed by atoms with van der Waals surface area (Å²) in [5, 5.41) is 1.17. The van der Waals surface area contributed by atoms with Gasteiger partial charge < -0.3 is 0 Å². The summed E-state index contributed by atoms with van der Waals surface area (Å²) in [5.74, 6) is 0. The molecule has 0 aromatic carbocycles. The fraction of sp³-hybridized carbons (Fsp3) is 0.429. The second-order valence-electron chi connectivity index (χ2n) is 4.23. The molecular formula is C14H18N2. The Balaban J connectivity index is 2.27. The van der Waals surface area contributed by atoms with Crippen LogP contribution >= 0.6 is 0 Å². The van der Waals surface area contributed by atoms with Gasteiger partial charge in [0.2, 0.25) is 0 Å². The minimum Gasteiger partial charge on any atom is -0.257 e. The molecule has 0 atom stereocenters. The fourth-order valence-corrected chi connectivity index (χ4v) is 1.99. The topological polar surface area (TPSA) is 25.8 Å². The van der Waals surface area contributed by atoms with Crippen LogP contribution in [0.1, 0.15) is 37.6 Å². The van der Waals surface area contributed by atoms with Crippen LogP contribution < -0.4 is 0 Å². The van der Waals surface area contributed by atoms with E-state index in [0.29, 0.717) is 0 Å². The summed E-state index contributed by atoms with van der Waals surface area (Å²) in [6.07, 6.45) is 6.67. The van der Waals surface area contributed by atoms with E-state index in [2.05, 4.69) is 35.9 Å². The normalized spacial score (nSPS) is 10.9. The van der Waals surface area contributed by atoms with Gasteiger partial charge in [0.25, 0.3) is 0 Å². The lowest BCUT2D eigenvalue weighted by molar-refractivity contribution is 0.707. The largest absolute Gasteiger partial charge is 0.257 e. The van der Waals surface area contributed by atoms with Crippen LogP contribution in [-0.4, -0.2) is 9.97 Å². The maximum atomic E-state index is 4.63. The van der Waals surface area contributed by atoms with Gasteiger partial charge in [-0.25, -0.2) is 0 Å². The third-order valence-electron chi connectivity index (χ3n) is 2.88. The highest BCUT2D eigenvalue weighted by Crippen LogP contribution is 2.16. The SMILES string of the molecule is CCCCCc1cc2ncccc2c(C)n1. The zero-order chi connectivity index (χ0) is 11.4. The Morgan fingerprint density at radius 2 is 2.12 bits per heavy atom. The van der Waals surface area contributed by atoms with Crippen LogP contribution in [0.5, 0.6) is 0 Å². The van der Waals surface area contributed by atoms with Crippen molar-refractivity contribution in [1.29, 1.82) is 0 Å². The molecule has 0 bridgehead atoms. The van der Waals surface area contributed by atoms with Crippen LogP contribution in [0.2, 0.25) is 0 Å². The molecule has 0 spiro atoms. The molecule has 16 heavy (non-hydrogen) atoms. The highest BCUT2D eigenvalue weighted by atomic mass is 14.7. The Hall–Kier alpha value is -1.44. The summed E-state index contributed by atoms with van der Waals surface area (Å²) in [7, 11) is 0. The molecule has 2 aromatic rings. The molecule has 2 aromatic heterocycles. The fourth-order valence-electron chi connectivity index (χ4n) is 1.99. The van der Waals surface area contributed by atoms with Gasteiger partial charge in [-0.05, 0) is 38.0 Å². The Labute approximate surface area is 96.7 Å². The van der Waals surface area contributed by atoms with Gasteiger partial charge in [-0.3, -0.25) is 9.97 Å². The van der Waals surface area contributed by atoms with Gasteiger partial charge in [-0.15, -0.1) is 0 Å². The molecule has 0 aliphatic rings. The van der Waals surface area contributed by atoms with E-state index in [-0.39, 0.29) is 0 Å². The molecule has 0 fully saturated rings. The third-order valence-corrected chi connectivity index (χ3v) is 2.88. The smallest absolute Gasteiger partial charge is 0.0738 e. The van der Waals surface area contributed by atoms with E-state index in [9.17, 15) is 0 Å². The minimum atomic E-state index is 1.07. The quantitative estimate of drug-likeness (QED) is 0.726. The second-order valence-corrected chi connectivity index (χ2v) is 4.23. The Morgan fingerprint density at radius 1 is 1.25 bits per heavy atom.